The molecule has 3 atom stereocenters. The summed E-state index contributed by atoms with van der Waals surface area (Å²) >= 11 is 0. The molecule has 1 aromatic rings. The van der Waals surface area contributed by atoms with Gasteiger partial charge in [-0.3, -0.25) is 24.1 Å². The molecule has 0 radical (unpaired) electrons. The fraction of sp³-hybridized carbons (Fsp3) is 0.429. The van der Waals surface area contributed by atoms with Gasteiger partial charge in [0.05, 0.1) is 36.2 Å². The molecule has 0 fully saturated rings. The quantitative estimate of drug-likeness (QED) is 0.424. The van der Waals surface area contributed by atoms with Gasteiger partial charge in [0.1, 0.15) is 0 Å². The van der Waals surface area contributed by atoms with Crippen LogP contribution in [0.4, 0.5) is 0 Å². The molecule has 0 N–H and O–H groups in total. The molecule has 3 rings (SSSR count). The van der Waals surface area contributed by atoms with Crippen LogP contribution in [0.2, 0.25) is 0 Å². The number of fused-ring (bicyclic) bond motifs is 1. The Hall–Kier alpha value is -2.96. The van der Waals surface area contributed by atoms with E-state index in [9.17, 15) is 19.2 Å². The summed E-state index contributed by atoms with van der Waals surface area (Å²) in [6.07, 6.45) is 3.92. The highest BCUT2D eigenvalue weighted by Crippen LogP contribution is 2.35. The number of carbonyl (C=O) groups is 4. The zero-order valence-corrected chi connectivity index (χ0v) is 15.9. The highest BCUT2D eigenvalue weighted by molar-refractivity contribution is 6.21. The van der Waals surface area contributed by atoms with Crippen molar-refractivity contribution >= 4 is 23.8 Å². The molecule has 0 spiro atoms. The molecular weight excluding hydrogens is 362 g/mol. The average molecular weight is 385 g/mol. The van der Waals surface area contributed by atoms with Crippen molar-refractivity contribution < 1.29 is 28.7 Å². The topological polar surface area (TPSA) is 90.0 Å². The molecule has 148 valence electrons. The second kappa shape index (κ2) is 8.37. The number of benzene rings is 1. The Labute approximate surface area is 163 Å². The van der Waals surface area contributed by atoms with Crippen LogP contribution in [0.1, 0.15) is 41.0 Å². The summed E-state index contributed by atoms with van der Waals surface area (Å²) in [7, 11) is 0. The van der Waals surface area contributed by atoms with Crippen molar-refractivity contribution in [1.29, 1.82) is 0 Å². The predicted octanol–water partition coefficient (Wildman–Crippen LogP) is 2.22. The van der Waals surface area contributed by atoms with Crippen LogP contribution < -0.4 is 0 Å². The Balaban J connectivity index is 1.87. The number of carbonyl (C=O) groups excluding carboxylic acids is 4. The number of amides is 2. The molecule has 1 aliphatic carbocycles. The molecule has 2 amide bonds. The minimum absolute atomic E-state index is 0.00221. The monoisotopic (exact) mass is 385 g/mol. The molecule has 1 heterocycles. The third kappa shape index (κ3) is 3.56. The highest BCUT2D eigenvalue weighted by Gasteiger charge is 2.45. The Morgan fingerprint density at radius 2 is 1.57 bits per heavy atom. The summed E-state index contributed by atoms with van der Waals surface area (Å²) in [4.78, 5) is 51.5. The van der Waals surface area contributed by atoms with Gasteiger partial charge < -0.3 is 9.47 Å². The van der Waals surface area contributed by atoms with Gasteiger partial charge >= 0.3 is 11.9 Å². The molecule has 1 aliphatic heterocycles. The number of rotatable bonds is 6. The molecule has 0 bridgehead atoms. The van der Waals surface area contributed by atoms with Crippen molar-refractivity contribution in [2.45, 2.75) is 20.3 Å². The van der Waals surface area contributed by atoms with E-state index >= 15 is 0 Å². The summed E-state index contributed by atoms with van der Waals surface area (Å²) in [6.45, 7) is 3.77. The van der Waals surface area contributed by atoms with E-state index in [-0.39, 0.29) is 19.8 Å². The van der Waals surface area contributed by atoms with E-state index in [0.29, 0.717) is 17.5 Å². The van der Waals surface area contributed by atoms with Crippen LogP contribution in [0.25, 0.3) is 0 Å². The number of nitrogens with zero attached hydrogens (tertiary/aromatic N) is 1. The van der Waals surface area contributed by atoms with Crippen molar-refractivity contribution in [3.05, 3.63) is 47.5 Å². The van der Waals surface area contributed by atoms with Gasteiger partial charge in [0, 0.05) is 12.5 Å². The molecule has 3 unspecified atom stereocenters. The van der Waals surface area contributed by atoms with Crippen LogP contribution in [0.3, 0.4) is 0 Å². The minimum Gasteiger partial charge on any atom is -0.466 e. The zero-order valence-electron chi connectivity index (χ0n) is 15.9. The van der Waals surface area contributed by atoms with Crippen molar-refractivity contribution in [3.63, 3.8) is 0 Å². The van der Waals surface area contributed by atoms with Crippen molar-refractivity contribution in [3.8, 4) is 0 Å². The van der Waals surface area contributed by atoms with E-state index < -0.39 is 41.5 Å². The zero-order chi connectivity index (χ0) is 20.3. The molecule has 28 heavy (non-hydrogen) atoms. The molecule has 1 aromatic carbocycles. The maximum absolute atomic E-state index is 12.7. The van der Waals surface area contributed by atoms with Gasteiger partial charge in [-0.2, -0.15) is 0 Å². The fourth-order valence-corrected chi connectivity index (χ4v) is 3.82. The number of imide groups is 1. The lowest BCUT2D eigenvalue weighted by molar-refractivity contribution is -0.162. The number of ether oxygens (including phenoxy) is 2. The molecule has 0 saturated carbocycles. The van der Waals surface area contributed by atoms with Crippen LogP contribution >= 0.6 is 0 Å². The van der Waals surface area contributed by atoms with Crippen LogP contribution in [0.5, 0.6) is 0 Å². The van der Waals surface area contributed by atoms with Crippen molar-refractivity contribution in [1.82, 2.24) is 4.90 Å². The summed E-state index contributed by atoms with van der Waals surface area (Å²) in [5.41, 5.74) is 0.698. The summed E-state index contributed by atoms with van der Waals surface area (Å²) in [6, 6.07) is 6.62. The van der Waals surface area contributed by atoms with Crippen LogP contribution in [-0.2, 0) is 19.1 Å². The third-order valence-corrected chi connectivity index (χ3v) is 5.09. The van der Waals surface area contributed by atoms with E-state index in [0.717, 1.165) is 4.90 Å². The molecule has 7 nitrogen and oxygen atoms in total. The van der Waals surface area contributed by atoms with Gasteiger partial charge in [0.15, 0.2) is 0 Å². The van der Waals surface area contributed by atoms with Crippen LogP contribution in [-0.4, -0.2) is 48.4 Å². The molecular formula is C21H23NO6. The predicted molar refractivity (Wildman–Crippen MR) is 99.3 cm³/mol. The Morgan fingerprint density at radius 1 is 1.00 bits per heavy atom. The summed E-state index contributed by atoms with van der Waals surface area (Å²) < 4.78 is 10.3. The van der Waals surface area contributed by atoms with Gasteiger partial charge in [-0.25, -0.2) is 0 Å². The molecule has 0 saturated heterocycles. The lowest BCUT2D eigenvalue weighted by atomic mass is 9.75. The Kier molecular flexibility index (Phi) is 5.92. The van der Waals surface area contributed by atoms with Gasteiger partial charge in [0.2, 0.25) is 0 Å². The average Bonchev–Trinajstić information content (AvgIpc) is 2.93. The SMILES string of the molecule is CCOC(=O)C1CC=CC(CN2C(=O)c3ccccc3C2=O)C1C(=O)OCC. The van der Waals surface area contributed by atoms with Gasteiger partial charge in [-0.15, -0.1) is 0 Å². The first-order valence-corrected chi connectivity index (χ1v) is 9.44. The van der Waals surface area contributed by atoms with E-state index in [4.69, 9.17) is 9.47 Å². The van der Waals surface area contributed by atoms with Crippen molar-refractivity contribution in [2.24, 2.45) is 17.8 Å². The van der Waals surface area contributed by atoms with Gasteiger partial charge in [0.25, 0.3) is 11.8 Å². The van der Waals surface area contributed by atoms with E-state index in [1.54, 1.807) is 50.3 Å². The third-order valence-electron chi connectivity index (χ3n) is 5.09. The first kappa shape index (κ1) is 19.8. The second-order valence-corrected chi connectivity index (χ2v) is 6.73. The van der Waals surface area contributed by atoms with Gasteiger partial charge in [-0.1, -0.05) is 24.3 Å². The maximum Gasteiger partial charge on any atom is 0.310 e. The second-order valence-electron chi connectivity index (χ2n) is 6.73. The summed E-state index contributed by atoms with van der Waals surface area (Å²) in [5.74, 6) is -3.82. The Bertz CT molecular complexity index is 795. The normalized spacial score (nSPS) is 23.5. The maximum atomic E-state index is 12.7. The van der Waals surface area contributed by atoms with E-state index in [1.807, 2.05) is 0 Å². The summed E-state index contributed by atoms with van der Waals surface area (Å²) in [5, 5.41) is 0. The fourth-order valence-electron chi connectivity index (χ4n) is 3.82. The number of esters is 2. The molecule has 2 aliphatic rings. The van der Waals surface area contributed by atoms with E-state index in [1.165, 1.54) is 0 Å². The smallest absolute Gasteiger partial charge is 0.310 e. The lowest BCUT2D eigenvalue weighted by Gasteiger charge is -2.33. The first-order chi connectivity index (χ1) is 13.5. The largest absolute Gasteiger partial charge is 0.466 e. The standard InChI is InChI=1S/C21H23NO6/c1-3-27-20(25)16-11-7-8-13(17(16)21(26)28-4-2)12-22-18(23)14-9-5-6-10-15(14)19(22)24/h5-10,13,16-17H,3-4,11-12H2,1-2H3. The van der Waals surface area contributed by atoms with Crippen LogP contribution in [0, 0.1) is 17.8 Å². The van der Waals surface area contributed by atoms with Crippen molar-refractivity contribution in [2.75, 3.05) is 19.8 Å². The highest BCUT2D eigenvalue weighted by atomic mass is 16.5. The Morgan fingerprint density at radius 3 is 2.14 bits per heavy atom. The number of hydrogen-bond donors (Lipinski definition) is 0. The van der Waals surface area contributed by atoms with E-state index in [2.05, 4.69) is 0 Å². The minimum atomic E-state index is -0.812. The lowest BCUT2D eigenvalue weighted by Crippen LogP contribution is -2.44. The van der Waals surface area contributed by atoms with Crippen LogP contribution in [0.15, 0.2) is 36.4 Å². The van der Waals surface area contributed by atoms with Gasteiger partial charge in [-0.05, 0) is 32.4 Å². The number of hydrogen-bond acceptors (Lipinski definition) is 6. The molecule has 7 heteroatoms. The number of allylic oxidation sites excluding steroid dienone is 1. The molecule has 0 aromatic heterocycles. The first-order valence-electron chi connectivity index (χ1n) is 9.44.